The number of aromatic nitrogens is 1. The molecule has 2 heterocycles. The number of methoxy groups -OCH3 is 1. The summed E-state index contributed by atoms with van der Waals surface area (Å²) in [6.45, 7) is 6.02. The molecule has 0 N–H and O–H groups in total. The number of fused-ring (bicyclic) bond motifs is 1. The molecule has 1 atom stereocenters. The Labute approximate surface area is 314 Å². The lowest BCUT2D eigenvalue weighted by molar-refractivity contribution is -0.394. The van der Waals surface area contributed by atoms with Crippen LogP contribution in [0.1, 0.15) is 55.0 Å². The smallest absolute Gasteiger partial charge is 0.338 e. The third kappa shape index (κ3) is 7.39. The molecule has 270 valence electrons. The summed E-state index contributed by atoms with van der Waals surface area (Å²) >= 11 is 4.60. The van der Waals surface area contributed by atoms with Gasteiger partial charge in [-0.2, -0.15) is 0 Å². The van der Waals surface area contributed by atoms with Gasteiger partial charge in [0.25, 0.3) is 11.2 Å². The van der Waals surface area contributed by atoms with Gasteiger partial charge >= 0.3 is 11.7 Å². The van der Waals surface area contributed by atoms with Crippen LogP contribution >= 0.6 is 27.3 Å². The van der Waals surface area contributed by atoms with Crippen LogP contribution in [-0.2, 0) is 9.53 Å². The number of hydrogen-bond acceptors (Lipinski definition) is 11. The summed E-state index contributed by atoms with van der Waals surface area (Å²) in [6, 6.07) is 22.5. The van der Waals surface area contributed by atoms with Crippen LogP contribution in [0.5, 0.6) is 17.2 Å². The highest BCUT2D eigenvalue weighted by molar-refractivity contribution is 9.10. The molecule has 0 fully saturated rings. The van der Waals surface area contributed by atoms with Crippen molar-refractivity contribution < 1.29 is 28.9 Å². The first kappa shape index (κ1) is 36.8. The highest BCUT2D eigenvalue weighted by Gasteiger charge is 2.35. The molecule has 1 aliphatic heterocycles. The van der Waals surface area contributed by atoms with E-state index in [2.05, 4.69) is 29.8 Å². The molecule has 1 aliphatic rings. The summed E-state index contributed by atoms with van der Waals surface area (Å²) in [6.07, 6.45) is 1.64. The number of nitrogens with zero attached hydrogens (tertiary/aromatic N) is 4. The molecule has 0 bridgehead atoms. The van der Waals surface area contributed by atoms with Gasteiger partial charge in [0.05, 0.1) is 55.9 Å². The van der Waals surface area contributed by atoms with Gasteiger partial charge in [-0.05, 0) is 69.7 Å². The van der Waals surface area contributed by atoms with E-state index in [0.29, 0.717) is 36.2 Å². The Morgan fingerprint density at radius 2 is 1.72 bits per heavy atom. The minimum absolute atomic E-state index is 0.0690. The standard InChI is InChI=1S/C38H31BrN4O9S/c1-5-51-37(45)32-33(24-9-7-6-8-10-24)40-38-41(34(32)25-13-11-23(12-14-25)21(2)3)36(44)31(53-38)19-22-17-27(39)35(30(18-22)50-4)52-29-16-15-26(42(46)47)20-28(29)43(48)49/h6-21,34H,5H2,1-4H3/b31-19-/t34-/m1/s1. The second-order valence-corrected chi connectivity index (χ2v) is 13.9. The largest absolute Gasteiger partial charge is 0.493 e. The van der Waals surface area contributed by atoms with Crippen molar-refractivity contribution in [1.82, 2.24) is 4.57 Å². The second kappa shape index (κ2) is 15.4. The van der Waals surface area contributed by atoms with Crippen LogP contribution in [0, 0.1) is 20.2 Å². The van der Waals surface area contributed by atoms with E-state index in [1.54, 1.807) is 25.1 Å². The van der Waals surface area contributed by atoms with Crippen LogP contribution in [0.2, 0.25) is 0 Å². The van der Waals surface area contributed by atoms with Crippen molar-refractivity contribution in [2.75, 3.05) is 13.7 Å². The minimum atomic E-state index is -0.849. The van der Waals surface area contributed by atoms with E-state index in [1.807, 2.05) is 54.6 Å². The van der Waals surface area contributed by atoms with E-state index in [-0.39, 0.29) is 35.3 Å². The Balaban J connectivity index is 1.51. The fraction of sp³-hybridized carbons (Fsp3) is 0.184. The van der Waals surface area contributed by atoms with Crippen molar-refractivity contribution in [3.05, 3.63) is 157 Å². The first-order valence-electron chi connectivity index (χ1n) is 16.3. The van der Waals surface area contributed by atoms with E-state index in [0.717, 1.165) is 35.1 Å². The lowest BCUT2D eigenvalue weighted by Crippen LogP contribution is -2.40. The van der Waals surface area contributed by atoms with Crippen molar-refractivity contribution in [2.24, 2.45) is 4.99 Å². The van der Waals surface area contributed by atoms with Gasteiger partial charge in [-0.1, -0.05) is 79.8 Å². The maximum absolute atomic E-state index is 14.4. The first-order chi connectivity index (χ1) is 25.4. The number of ether oxygens (including phenoxy) is 3. The fourth-order valence-electron chi connectivity index (χ4n) is 5.85. The molecule has 0 spiro atoms. The Morgan fingerprint density at radius 1 is 1.00 bits per heavy atom. The number of thiazole rings is 1. The summed E-state index contributed by atoms with van der Waals surface area (Å²) in [5.74, 6) is -0.332. The van der Waals surface area contributed by atoms with E-state index in [9.17, 15) is 29.8 Å². The van der Waals surface area contributed by atoms with Crippen molar-refractivity contribution in [1.29, 1.82) is 0 Å². The van der Waals surface area contributed by atoms with E-state index < -0.39 is 38.8 Å². The molecule has 13 nitrogen and oxygen atoms in total. The van der Waals surface area contributed by atoms with E-state index in [1.165, 1.54) is 11.7 Å². The van der Waals surface area contributed by atoms with Gasteiger partial charge in [0.1, 0.15) is 0 Å². The highest BCUT2D eigenvalue weighted by Crippen LogP contribution is 2.43. The zero-order chi connectivity index (χ0) is 38.0. The zero-order valence-corrected chi connectivity index (χ0v) is 31.2. The fourth-order valence-corrected chi connectivity index (χ4v) is 7.39. The van der Waals surface area contributed by atoms with Gasteiger partial charge in [0, 0.05) is 11.6 Å². The summed E-state index contributed by atoms with van der Waals surface area (Å²) in [4.78, 5) is 54.9. The molecule has 4 aromatic carbocycles. The number of non-ortho nitro benzene ring substituents is 1. The van der Waals surface area contributed by atoms with Crippen LogP contribution in [0.15, 0.2) is 105 Å². The van der Waals surface area contributed by atoms with Crippen LogP contribution in [0.3, 0.4) is 0 Å². The molecule has 0 amide bonds. The van der Waals surface area contributed by atoms with Crippen LogP contribution in [0.25, 0.3) is 11.8 Å². The van der Waals surface area contributed by atoms with Crippen LogP contribution in [0.4, 0.5) is 11.4 Å². The molecule has 6 rings (SSSR count). The van der Waals surface area contributed by atoms with E-state index >= 15 is 0 Å². The van der Waals surface area contributed by atoms with Crippen molar-refractivity contribution in [3.63, 3.8) is 0 Å². The minimum Gasteiger partial charge on any atom is -0.493 e. The Hall–Kier alpha value is -5.93. The van der Waals surface area contributed by atoms with Gasteiger partial charge in [-0.25, -0.2) is 9.79 Å². The van der Waals surface area contributed by atoms with Gasteiger partial charge in [0.2, 0.25) is 5.75 Å². The molecule has 1 aromatic heterocycles. The SMILES string of the molecule is CCOC(=O)C1=C(c2ccccc2)N=c2s/c(=C\c3cc(Br)c(Oc4ccc([N+](=O)[O-])cc4[N+](=O)[O-])c(OC)c3)c(=O)n2[C@@H]1c1ccc(C(C)C)cc1. The first-order valence-corrected chi connectivity index (χ1v) is 17.9. The van der Waals surface area contributed by atoms with Crippen molar-refractivity contribution in [3.8, 4) is 17.2 Å². The third-order valence-corrected chi connectivity index (χ3v) is 9.98. The predicted octanol–water partition coefficient (Wildman–Crippen LogP) is 7.44. The molecular formula is C38H31BrN4O9S. The summed E-state index contributed by atoms with van der Waals surface area (Å²) in [5, 5.41) is 22.9. The topological polar surface area (TPSA) is 165 Å². The number of halogens is 1. The monoisotopic (exact) mass is 798 g/mol. The van der Waals surface area contributed by atoms with E-state index in [4.69, 9.17) is 19.2 Å². The average Bonchev–Trinajstić information content (AvgIpc) is 3.45. The number of nitro groups is 2. The molecule has 0 unspecified atom stereocenters. The van der Waals surface area contributed by atoms with Crippen molar-refractivity contribution in [2.45, 2.75) is 32.7 Å². The maximum atomic E-state index is 14.4. The Morgan fingerprint density at radius 3 is 2.34 bits per heavy atom. The summed E-state index contributed by atoms with van der Waals surface area (Å²) in [7, 11) is 1.38. The predicted molar refractivity (Wildman–Crippen MR) is 202 cm³/mol. The second-order valence-electron chi connectivity index (χ2n) is 12.1. The quantitative estimate of drug-likeness (QED) is 0.0750. The number of benzene rings is 4. The molecule has 0 radical (unpaired) electrons. The Kier molecular flexibility index (Phi) is 10.7. The number of esters is 1. The molecule has 0 saturated carbocycles. The number of nitro benzene ring substituents is 2. The molecule has 15 heteroatoms. The molecule has 53 heavy (non-hydrogen) atoms. The van der Waals surface area contributed by atoms with Crippen LogP contribution in [-0.4, -0.2) is 34.1 Å². The number of carbonyl (C=O) groups excluding carboxylic acids is 1. The van der Waals surface area contributed by atoms with Crippen LogP contribution < -0.4 is 24.4 Å². The molecule has 0 saturated heterocycles. The van der Waals surface area contributed by atoms with Crippen molar-refractivity contribution >= 4 is 56.4 Å². The molecule has 5 aromatic rings. The Bertz CT molecular complexity index is 2480. The average molecular weight is 800 g/mol. The number of rotatable bonds is 11. The van der Waals surface area contributed by atoms with Gasteiger partial charge < -0.3 is 14.2 Å². The van der Waals surface area contributed by atoms with Gasteiger partial charge in [0.15, 0.2) is 16.3 Å². The molecular weight excluding hydrogens is 768 g/mol. The van der Waals surface area contributed by atoms with Gasteiger partial charge in [-0.3, -0.25) is 29.6 Å². The summed E-state index contributed by atoms with van der Waals surface area (Å²) in [5.41, 5.74) is 2.18. The number of hydrogen-bond donors (Lipinski definition) is 0. The number of carbonyl (C=O) groups is 1. The lowest BCUT2D eigenvalue weighted by Gasteiger charge is -2.26. The lowest BCUT2D eigenvalue weighted by atomic mass is 9.91. The maximum Gasteiger partial charge on any atom is 0.338 e. The highest BCUT2D eigenvalue weighted by atomic mass is 79.9. The van der Waals surface area contributed by atoms with Gasteiger partial charge in [-0.15, -0.1) is 0 Å². The molecule has 0 aliphatic carbocycles. The normalized spacial score (nSPS) is 14.1. The third-order valence-electron chi connectivity index (χ3n) is 8.40. The zero-order valence-electron chi connectivity index (χ0n) is 28.8. The summed E-state index contributed by atoms with van der Waals surface area (Å²) < 4.78 is 19.1.